The standard InChI is InChI=1S/C28H29Cl3N2O6/c1-32-25(37)27(30)12-17-15(8-9-16-20(17)24(36)33(23(16)35)14-6-4-3-5-7-14)21(28(27,31)26(32)38)13-10-18(29)22(34)19(11-13)39-2/h8,10-11,14,16-17,20-21,34H,3-7,9,12H2,1-2H3/t16-,17+,20-,21-,27+,28-/m0/s1. The van der Waals surface area contributed by atoms with Crippen LogP contribution >= 0.6 is 34.8 Å². The summed E-state index contributed by atoms with van der Waals surface area (Å²) in [5.41, 5.74) is 1.09. The number of phenolic OH excluding ortho intramolecular Hbond substituents is 1. The molecule has 6 rings (SSSR count). The Morgan fingerprint density at radius 2 is 1.69 bits per heavy atom. The van der Waals surface area contributed by atoms with Crippen molar-refractivity contribution in [2.45, 2.75) is 66.7 Å². The van der Waals surface area contributed by atoms with Crippen molar-refractivity contribution in [3.63, 3.8) is 0 Å². The Labute approximate surface area is 241 Å². The van der Waals surface area contributed by atoms with Crippen molar-refractivity contribution in [2.24, 2.45) is 17.8 Å². The number of hydrogen-bond donors (Lipinski definition) is 1. The van der Waals surface area contributed by atoms with E-state index >= 15 is 0 Å². The maximum absolute atomic E-state index is 14.0. The van der Waals surface area contributed by atoms with E-state index in [1.165, 1.54) is 31.2 Å². The number of halogens is 3. The Hall–Kier alpha value is -2.29. The predicted molar refractivity (Wildman–Crippen MR) is 144 cm³/mol. The number of amides is 4. The van der Waals surface area contributed by atoms with Crippen molar-refractivity contribution < 1.29 is 29.0 Å². The topological polar surface area (TPSA) is 104 Å². The van der Waals surface area contributed by atoms with Gasteiger partial charge in [-0.15, -0.1) is 23.2 Å². The minimum absolute atomic E-state index is 0.0260. The first kappa shape index (κ1) is 26.9. The van der Waals surface area contributed by atoms with Gasteiger partial charge in [0.15, 0.2) is 21.2 Å². The van der Waals surface area contributed by atoms with Crippen LogP contribution in [0.1, 0.15) is 56.4 Å². The largest absolute Gasteiger partial charge is 0.503 e. The number of fused-ring (bicyclic) bond motifs is 4. The molecule has 8 nitrogen and oxygen atoms in total. The van der Waals surface area contributed by atoms with Gasteiger partial charge in [-0.2, -0.15) is 0 Å². The lowest BCUT2D eigenvalue weighted by atomic mass is 9.56. The molecule has 4 fully saturated rings. The fraction of sp³-hybridized carbons (Fsp3) is 0.571. The van der Waals surface area contributed by atoms with Crippen LogP contribution in [0.25, 0.3) is 0 Å². The molecule has 5 aliphatic rings. The van der Waals surface area contributed by atoms with E-state index in [2.05, 4.69) is 0 Å². The minimum Gasteiger partial charge on any atom is -0.503 e. The van der Waals surface area contributed by atoms with Gasteiger partial charge in [-0.1, -0.05) is 42.5 Å². The number of methoxy groups -OCH3 is 1. The van der Waals surface area contributed by atoms with E-state index in [1.54, 1.807) is 0 Å². The average Bonchev–Trinajstić information content (AvgIpc) is 3.25. The number of allylic oxidation sites excluding steroid dienone is 2. The molecular weight excluding hydrogens is 567 g/mol. The Kier molecular flexibility index (Phi) is 6.29. The SMILES string of the molecule is COc1cc([C@H]2C3=CC[C@@H]4C(=O)N(C5CCCCC5)C(=O)[C@@H]4[C@@H]3C[C@@]3(Cl)C(=O)N(C)C(=O)[C@@]23Cl)cc(Cl)c1O. The third-order valence-electron chi connectivity index (χ3n) is 9.59. The highest BCUT2D eigenvalue weighted by Crippen LogP contribution is 2.65. The summed E-state index contributed by atoms with van der Waals surface area (Å²) in [6, 6.07) is 2.88. The highest BCUT2D eigenvalue weighted by Gasteiger charge is 2.76. The van der Waals surface area contributed by atoms with Gasteiger partial charge in [-0.25, -0.2) is 0 Å². The van der Waals surface area contributed by atoms with Crippen molar-refractivity contribution >= 4 is 58.4 Å². The summed E-state index contributed by atoms with van der Waals surface area (Å²) in [5.74, 6) is -4.74. The third kappa shape index (κ3) is 3.43. The van der Waals surface area contributed by atoms with Crippen molar-refractivity contribution in [1.82, 2.24) is 9.80 Å². The van der Waals surface area contributed by atoms with Crippen LogP contribution < -0.4 is 4.74 Å². The molecular formula is C28H29Cl3N2O6. The number of aromatic hydroxyl groups is 1. The molecule has 4 amide bonds. The maximum atomic E-state index is 14.0. The summed E-state index contributed by atoms with van der Waals surface area (Å²) in [7, 11) is 2.71. The van der Waals surface area contributed by atoms with Crippen LogP contribution in [0.5, 0.6) is 11.5 Å². The monoisotopic (exact) mass is 594 g/mol. The van der Waals surface area contributed by atoms with Gasteiger partial charge in [0.05, 0.1) is 24.0 Å². The zero-order valence-corrected chi connectivity index (χ0v) is 23.9. The fourth-order valence-corrected chi connectivity index (χ4v) is 9.00. The molecule has 2 saturated carbocycles. The van der Waals surface area contributed by atoms with E-state index < -0.39 is 45.2 Å². The molecule has 208 valence electrons. The summed E-state index contributed by atoms with van der Waals surface area (Å²) in [4.78, 5) is 53.4. The first-order chi connectivity index (χ1) is 18.5. The Balaban J connectivity index is 1.51. The number of ether oxygens (including phenoxy) is 1. The number of benzene rings is 1. The lowest BCUT2D eigenvalue weighted by molar-refractivity contribution is -0.144. The van der Waals surface area contributed by atoms with Crippen molar-refractivity contribution in [3.8, 4) is 11.5 Å². The van der Waals surface area contributed by atoms with Gasteiger partial charge < -0.3 is 9.84 Å². The number of nitrogens with zero attached hydrogens (tertiary/aromatic N) is 2. The normalized spacial score (nSPS) is 36.6. The predicted octanol–water partition coefficient (Wildman–Crippen LogP) is 4.38. The number of phenols is 1. The molecule has 6 atom stereocenters. The van der Waals surface area contributed by atoms with Gasteiger partial charge >= 0.3 is 0 Å². The molecule has 39 heavy (non-hydrogen) atoms. The van der Waals surface area contributed by atoms with Gasteiger partial charge in [0.2, 0.25) is 11.8 Å². The number of likely N-dealkylation sites (tertiary alicyclic amines) is 2. The molecule has 0 bridgehead atoms. The van der Waals surface area contributed by atoms with Gasteiger partial charge in [0, 0.05) is 19.0 Å². The summed E-state index contributed by atoms with van der Waals surface area (Å²) < 4.78 is 5.32. The number of carbonyl (C=O) groups excluding carboxylic acids is 4. The van der Waals surface area contributed by atoms with E-state index in [0.717, 1.165) is 37.0 Å². The van der Waals surface area contributed by atoms with E-state index in [4.69, 9.17) is 39.5 Å². The van der Waals surface area contributed by atoms with Crippen molar-refractivity contribution in [2.75, 3.05) is 14.2 Å². The molecule has 0 aromatic heterocycles. The highest BCUT2D eigenvalue weighted by molar-refractivity contribution is 6.53. The van der Waals surface area contributed by atoms with Crippen molar-refractivity contribution in [3.05, 3.63) is 34.4 Å². The second-order valence-corrected chi connectivity index (χ2v) is 13.0. The Morgan fingerprint density at radius 3 is 2.36 bits per heavy atom. The molecule has 0 radical (unpaired) electrons. The second-order valence-electron chi connectivity index (χ2n) is 11.4. The number of imide groups is 2. The molecule has 2 saturated heterocycles. The first-order valence-corrected chi connectivity index (χ1v) is 14.4. The average molecular weight is 596 g/mol. The molecule has 1 aromatic rings. The number of alkyl halides is 2. The van der Waals surface area contributed by atoms with Crippen LogP contribution in [0, 0.1) is 17.8 Å². The van der Waals surface area contributed by atoms with Crippen LogP contribution in [0.15, 0.2) is 23.8 Å². The van der Waals surface area contributed by atoms with Gasteiger partial charge in [-0.05, 0) is 49.3 Å². The Bertz CT molecular complexity index is 1340. The van der Waals surface area contributed by atoms with Crippen LogP contribution in [0.4, 0.5) is 0 Å². The zero-order chi connectivity index (χ0) is 28.0. The van der Waals surface area contributed by atoms with Crippen LogP contribution in [-0.4, -0.2) is 68.5 Å². The van der Waals surface area contributed by atoms with Crippen molar-refractivity contribution in [1.29, 1.82) is 0 Å². The quantitative estimate of drug-likeness (QED) is 0.316. The summed E-state index contributed by atoms with van der Waals surface area (Å²) in [5, 5.41) is 10.4. The first-order valence-electron chi connectivity index (χ1n) is 13.3. The third-order valence-corrected chi connectivity index (χ3v) is 11.3. The van der Waals surface area contributed by atoms with Gasteiger partial charge in [0.1, 0.15) is 0 Å². The second kappa shape index (κ2) is 9.11. The maximum Gasteiger partial charge on any atom is 0.253 e. The lowest BCUT2D eigenvalue weighted by Gasteiger charge is -2.50. The molecule has 0 unspecified atom stereocenters. The summed E-state index contributed by atoms with van der Waals surface area (Å²) in [6.45, 7) is 0. The van der Waals surface area contributed by atoms with Crippen LogP contribution in [0.2, 0.25) is 5.02 Å². The summed E-state index contributed by atoms with van der Waals surface area (Å²) >= 11 is 20.7. The van der Waals surface area contributed by atoms with Crippen LogP contribution in [-0.2, 0) is 19.2 Å². The minimum atomic E-state index is -1.92. The molecule has 2 heterocycles. The number of rotatable bonds is 3. The summed E-state index contributed by atoms with van der Waals surface area (Å²) in [6.07, 6.45) is 6.74. The molecule has 3 aliphatic carbocycles. The number of carbonyl (C=O) groups is 4. The van der Waals surface area contributed by atoms with Gasteiger partial charge in [-0.3, -0.25) is 29.0 Å². The highest BCUT2D eigenvalue weighted by atomic mass is 35.5. The van der Waals surface area contributed by atoms with E-state index in [1.807, 2.05) is 6.08 Å². The molecule has 1 N–H and O–H groups in total. The van der Waals surface area contributed by atoms with Gasteiger partial charge in [0.25, 0.3) is 11.8 Å². The molecule has 11 heteroatoms. The van der Waals surface area contributed by atoms with Crippen LogP contribution in [0.3, 0.4) is 0 Å². The lowest BCUT2D eigenvalue weighted by Crippen LogP contribution is -2.60. The van der Waals surface area contributed by atoms with E-state index in [9.17, 15) is 24.3 Å². The fourth-order valence-electron chi connectivity index (χ4n) is 7.76. The van der Waals surface area contributed by atoms with E-state index in [0.29, 0.717) is 17.6 Å². The van der Waals surface area contributed by atoms with E-state index in [-0.39, 0.29) is 40.8 Å². The smallest absolute Gasteiger partial charge is 0.253 e. The molecule has 2 aliphatic heterocycles. The zero-order valence-electron chi connectivity index (χ0n) is 21.6. The molecule has 0 spiro atoms. The molecule has 1 aromatic carbocycles. The Morgan fingerprint density at radius 1 is 1.00 bits per heavy atom. The number of hydrogen-bond acceptors (Lipinski definition) is 6.